The van der Waals surface area contributed by atoms with Crippen molar-refractivity contribution < 1.29 is 13.2 Å². The van der Waals surface area contributed by atoms with Gasteiger partial charge in [0.25, 0.3) is 0 Å². The van der Waals surface area contributed by atoms with Crippen molar-refractivity contribution in [2.45, 2.75) is 71.9 Å². The first kappa shape index (κ1) is 21.1. The first-order chi connectivity index (χ1) is 11.1. The van der Waals surface area contributed by atoms with Crippen LogP contribution in [0, 0.1) is 12.8 Å². The largest absolute Gasteiger partial charge is 0.416 e. The zero-order valence-corrected chi connectivity index (χ0v) is 15.8. The number of alkyl halides is 3. The summed E-state index contributed by atoms with van der Waals surface area (Å²) in [6.45, 7) is 11.8. The minimum atomic E-state index is -4.38. The van der Waals surface area contributed by atoms with Crippen LogP contribution in [0.15, 0.2) is 24.3 Å². The summed E-state index contributed by atoms with van der Waals surface area (Å²) >= 11 is 6.18. The van der Waals surface area contributed by atoms with E-state index in [1.165, 1.54) is 11.6 Å². The molecule has 0 radical (unpaired) electrons. The Bertz CT molecular complexity index is 561. The van der Waals surface area contributed by atoms with Gasteiger partial charge in [-0.3, -0.25) is 0 Å². The Morgan fingerprint density at radius 3 is 2.29 bits per heavy atom. The molecular weight excluding hydrogens is 333 g/mol. The van der Waals surface area contributed by atoms with Crippen molar-refractivity contribution in [3.8, 4) is 0 Å². The molecular formula is C20H28ClF3. The van der Waals surface area contributed by atoms with E-state index in [-0.39, 0.29) is 16.5 Å². The predicted octanol–water partition coefficient (Wildman–Crippen LogP) is 7.93. The highest BCUT2D eigenvalue weighted by Crippen LogP contribution is 2.41. The smallest absolute Gasteiger partial charge is 0.166 e. The van der Waals surface area contributed by atoms with Crippen molar-refractivity contribution in [3.05, 3.63) is 46.0 Å². The Kier molecular flexibility index (Phi) is 7.85. The number of hydrogen-bond acceptors (Lipinski definition) is 0. The fourth-order valence-corrected chi connectivity index (χ4v) is 3.73. The minimum Gasteiger partial charge on any atom is -0.166 e. The second kappa shape index (κ2) is 8.94. The van der Waals surface area contributed by atoms with Crippen LogP contribution in [-0.4, -0.2) is 0 Å². The molecule has 0 N–H and O–H groups in total. The lowest BCUT2D eigenvalue weighted by atomic mass is 9.84. The summed E-state index contributed by atoms with van der Waals surface area (Å²) < 4.78 is 40.2. The monoisotopic (exact) mass is 360 g/mol. The Balaban J connectivity index is 3.03. The maximum atomic E-state index is 13.4. The quantitative estimate of drug-likeness (QED) is 0.413. The molecule has 0 bridgehead atoms. The summed E-state index contributed by atoms with van der Waals surface area (Å²) in [5, 5.41) is 0.219. The van der Waals surface area contributed by atoms with Crippen LogP contribution in [-0.2, 0) is 6.18 Å². The van der Waals surface area contributed by atoms with Crippen molar-refractivity contribution in [2.75, 3.05) is 0 Å². The Labute approximate surface area is 149 Å². The molecule has 0 nitrogen and oxygen atoms in total. The van der Waals surface area contributed by atoms with Gasteiger partial charge in [0.05, 0.1) is 5.56 Å². The maximum Gasteiger partial charge on any atom is 0.416 e. The number of halogens is 4. The van der Waals surface area contributed by atoms with E-state index in [9.17, 15) is 13.2 Å². The van der Waals surface area contributed by atoms with Crippen LogP contribution < -0.4 is 0 Å². The topological polar surface area (TPSA) is 0 Å². The van der Waals surface area contributed by atoms with Gasteiger partial charge in [-0.2, -0.15) is 13.2 Å². The van der Waals surface area contributed by atoms with Crippen molar-refractivity contribution >= 4 is 11.6 Å². The maximum absolute atomic E-state index is 13.4. The lowest BCUT2D eigenvalue weighted by molar-refractivity contribution is -0.138. The zero-order chi connectivity index (χ0) is 18.5. The van der Waals surface area contributed by atoms with Crippen LogP contribution in [0.1, 0.15) is 75.5 Å². The molecule has 0 aromatic heterocycles. The molecule has 0 aliphatic heterocycles. The van der Waals surface area contributed by atoms with Crippen LogP contribution in [0.4, 0.5) is 13.2 Å². The highest BCUT2D eigenvalue weighted by molar-refractivity contribution is 6.31. The highest BCUT2D eigenvalue weighted by atomic mass is 35.5. The van der Waals surface area contributed by atoms with Gasteiger partial charge in [0, 0.05) is 5.02 Å². The summed E-state index contributed by atoms with van der Waals surface area (Å²) in [6.07, 6.45) is 0.149. The summed E-state index contributed by atoms with van der Waals surface area (Å²) in [4.78, 5) is 0. The van der Waals surface area contributed by atoms with Gasteiger partial charge in [0.15, 0.2) is 0 Å². The second-order valence-electron chi connectivity index (χ2n) is 6.68. The Morgan fingerprint density at radius 2 is 1.79 bits per heavy atom. The number of allylic oxidation sites excluding steroid dienone is 1. The molecule has 4 heteroatoms. The van der Waals surface area contributed by atoms with Crippen molar-refractivity contribution in [2.24, 2.45) is 5.92 Å². The van der Waals surface area contributed by atoms with E-state index in [0.717, 1.165) is 25.7 Å². The molecule has 1 aromatic rings. The summed E-state index contributed by atoms with van der Waals surface area (Å²) in [5.74, 6) is 0.139. The summed E-state index contributed by atoms with van der Waals surface area (Å²) in [7, 11) is 0. The number of benzene rings is 1. The van der Waals surface area contributed by atoms with E-state index in [2.05, 4.69) is 20.4 Å². The van der Waals surface area contributed by atoms with E-state index in [4.69, 9.17) is 11.6 Å². The number of aryl methyl sites for hydroxylation is 1. The zero-order valence-electron chi connectivity index (χ0n) is 15.1. The predicted molar refractivity (Wildman–Crippen MR) is 96.7 cm³/mol. The van der Waals surface area contributed by atoms with E-state index < -0.39 is 11.7 Å². The molecule has 136 valence electrons. The Hall–Kier alpha value is -0.960. The second-order valence-corrected chi connectivity index (χ2v) is 7.09. The van der Waals surface area contributed by atoms with Gasteiger partial charge >= 0.3 is 6.18 Å². The van der Waals surface area contributed by atoms with Gasteiger partial charge in [-0.1, -0.05) is 50.9 Å². The molecule has 0 spiro atoms. The molecule has 0 amide bonds. The molecule has 0 heterocycles. The van der Waals surface area contributed by atoms with Crippen LogP contribution in [0.3, 0.4) is 0 Å². The van der Waals surface area contributed by atoms with Crippen molar-refractivity contribution in [3.63, 3.8) is 0 Å². The molecule has 0 saturated heterocycles. The highest BCUT2D eigenvalue weighted by Gasteiger charge is 2.36. The van der Waals surface area contributed by atoms with E-state index in [1.54, 1.807) is 13.0 Å². The molecule has 0 fully saturated rings. The third-order valence-electron chi connectivity index (χ3n) is 4.69. The molecule has 2 atom stereocenters. The van der Waals surface area contributed by atoms with E-state index in [1.807, 2.05) is 6.92 Å². The average Bonchev–Trinajstić information content (AvgIpc) is 2.48. The van der Waals surface area contributed by atoms with Gasteiger partial charge in [0.2, 0.25) is 0 Å². The molecule has 0 aliphatic carbocycles. The fraction of sp³-hybridized carbons (Fsp3) is 0.600. The van der Waals surface area contributed by atoms with Crippen molar-refractivity contribution in [1.82, 2.24) is 0 Å². The summed E-state index contributed by atoms with van der Waals surface area (Å²) in [5.41, 5.74) is 1.36. The molecule has 1 rings (SSSR count). The van der Waals surface area contributed by atoms with Crippen LogP contribution in [0.2, 0.25) is 5.02 Å². The van der Waals surface area contributed by atoms with E-state index in [0.29, 0.717) is 17.9 Å². The van der Waals surface area contributed by atoms with Crippen LogP contribution in [0.25, 0.3) is 0 Å². The number of hydrogen-bond donors (Lipinski definition) is 0. The lowest BCUT2D eigenvalue weighted by Gasteiger charge is -2.24. The van der Waals surface area contributed by atoms with E-state index >= 15 is 0 Å². The first-order valence-electron chi connectivity index (χ1n) is 8.66. The third kappa shape index (κ3) is 5.54. The van der Waals surface area contributed by atoms with Crippen molar-refractivity contribution in [1.29, 1.82) is 0 Å². The average molecular weight is 361 g/mol. The number of rotatable bonds is 8. The fourth-order valence-electron chi connectivity index (χ4n) is 3.27. The standard InChI is InChI=1S/C20H28ClF3/c1-6-8-16(14(4)7-2)10-9-15(5)19-17(20(22,23)24)11-13(3)12-18(19)21/h11-12,15-16H,4,6-10H2,1-3,5H3. The summed E-state index contributed by atoms with van der Waals surface area (Å²) in [6, 6.07) is 2.82. The molecule has 24 heavy (non-hydrogen) atoms. The molecule has 1 aromatic carbocycles. The SMILES string of the molecule is C=C(CC)C(CCC)CCC(C)c1c(Cl)cc(C)cc1C(F)(F)F. The normalized spacial score (nSPS) is 14.5. The first-order valence-corrected chi connectivity index (χ1v) is 9.04. The third-order valence-corrected chi connectivity index (χ3v) is 5.00. The van der Waals surface area contributed by atoms with Gasteiger partial charge in [-0.05, 0) is 67.7 Å². The minimum absolute atomic E-state index is 0.219. The van der Waals surface area contributed by atoms with Gasteiger partial charge in [0.1, 0.15) is 0 Å². The van der Waals surface area contributed by atoms with Crippen LogP contribution >= 0.6 is 11.6 Å². The molecule has 0 saturated carbocycles. The molecule has 0 aliphatic rings. The molecule has 2 unspecified atom stereocenters. The van der Waals surface area contributed by atoms with Gasteiger partial charge < -0.3 is 0 Å². The van der Waals surface area contributed by atoms with Crippen LogP contribution in [0.5, 0.6) is 0 Å². The Morgan fingerprint density at radius 1 is 1.17 bits per heavy atom. The van der Waals surface area contributed by atoms with Gasteiger partial charge in [-0.25, -0.2) is 0 Å². The lowest BCUT2D eigenvalue weighted by Crippen LogP contribution is -2.13. The van der Waals surface area contributed by atoms with Gasteiger partial charge in [-0.15, -0.1) is 0 Å².